The maximum Gasteiger partial charge on any atom is 0.336 e. The molecule has 1 aromatic heterocycles. The van der Waals surface area contributed by atoms with E-state index in [1.807, 2.05) is 0 Å². The molecule has 1 saturated carbocycles. The van der Waals surface area contributed by atoms with Crippen LogP contribution in [0.4, 0.5) is 5.69 Å². The van der Waals surface area contributed by atoms with Crippen molar-refractivity contribution in [1.82, 2.24) is 10.1 Å². The Balaban J connectivity index is 1.54. The zero-order valence-corrected chi connectivity index (χ0v) is 14.1. The number of aromatic nitrogens is 2. The van der Waals surface area contributed by atoms with Crippen LogP contribution in [0.25, 0.3) is 0 Å². The molecule has 2 aromatic rings. The van der Waals surface area contributed by atoms with E-state index in [1.54, 1.807) is 19.1 Å². The number of carbonyl (C=O) groups is 2. The van der Waals surface area contributed by atoms with Crippen molar-refractivity contribution in [1.29, 1.82) is 0 Å². The number of benzene rings is 1. The summed E-state index contributed by atoms with van der Waals surface area (Å²) in [6.45, 7) is 1.71. The Morgan fingerprint density at radius 3 is 2.80 bits per heavy atom. The van der Waals surface area contributed by atoms with Crippen LogP contribution in [0.15, 0.2) is 22.7 Å². The predicted molar refractivity (Wildman–Crippen MR) is 90.6 cm³/mol. The fourth-order valence-electron chi connectivity index (χ4n) is 3.09. The lowest BCUT2D eigenvalue weighted by molar-refractivity contribution is -0.116. The first-order valence-corrected chi connectivity index (χ1v) is 8.49. The van der Waals surface area contributed by atoms with Crippen LogP contribution in [0.5, 0.6) is 0 Å². The van der Waals surface area contributed by atoms with Crippen molar-refractivity contribution in [3.63, 3.8) is 0 Å². The summed E-state index contributed by atoms with van der Waals surface area (Å²) in [6, 6.07) is 4.82. The topological polar surface area (TPSA) is 105 Å². The second kappa shape index (κ2) is 7.46. The van der Waals surface area contributed by atoms with E-state index < -0.39 is 5.97 Å². The van der Waals surface area contributed by atoms with Crippen LogP contribution in [0, 0.1) is 6.92 Å². The van der Waals surface area contributed by atoms with Crippen molar-refractivity contribution in [2.24, 2.45) is 0 Å². The lowest BCUT2D eigenvalue weighted by atomic mass is 10.1. The second-order valence-corrected chi connectivity index (χ2v) is 6.41. The third-order valence-electron chi connectivity index (χ3n) is 4.52. The van der Waals surface area contributed by atoms with E-state index in [-0.39, 0.29) is 17.9 Å². The van der Waals surface area contributed by atoms with Crippen LogP contribution in [-0.2, 0) is 11.2 Å². The monoisotopic (exact) mass is 343 g/mol. The van der Waals surface area contributed by atoms with Crippen LogP contribution < -0.4 is 5.32 Å². The molecule has 1 aliphatic rings. The molecule has 0 spiro atoms. The van der Waals surface area contributed by atoms with Gasteiger partial charge >= 0.3 is 5.97 Å². The SMILES string of the molecule is Cc1ccc(NC(=O)CCc2nc(C3CCCC3)no2)cc1C(=O)O. The molecule has 0 saturated heterocycles. The zero-order chi connectivity index (χ0) is 17.8. The summed E-state index contributed by atoms with van der Waals surface area (Å²) in [5.74, 6) is 0.359. The first-order valence-electron chi connectivity index (χ1n) is 8.49. The normalized spacial score (nSPS) is 14.6. The Bertz CT molecular complexity index is 778. The Labute approximate surface area is 145 Å². The standard InChI is InChI=1S/C18H21N3O4/c1-11-6-7-13(10-14(11)18(23)24)19-15(22)8-9-16-20-17(21-25-16)12-4-2-3-5-12/h6-7,10,12H,2-5,8-9H2,1H3,(H,19,22)(H,23,24). The van der Waals surface area contributed by atoms with E-state index in [9.17, 15) is 9.59 Å². The molecular weight excluding hydrogens is 322 g/mol. The van der Waals surface area contributed by atoms with Crippen LogP contribution in [-0.4, -0.2) is 27.1 Å². The second-order valence-electron chi connectivity index (χ2n) is 6.41. The molecular formula is C18H21N3O4. The minimum Gasteiger partial charge on any atom is -0.478 e. The van der Waals surface area contributed by atoms with Gasteiger partial charge in [-0.1, -0.05) is 24.1 Å². The van der Waals surface area contributed by atoms with E-state index in [0.717, 1.165) is 18.7 Å². The smallest absolute Gasteiger partial charge is 0.336 e. The number of hydrogen-bond donors (Lipinski definition) is 2. The predicted octanol–water partition coefficient (Wildman–Crippen LogP) is 3.31. The van der Waals surface area contributed by atoms with Crippen molar-refractivity contribution < 1.29 is 19.2 Å². The summed E-state index contributed by atoms with van der Waals surface area (Å²) in [7, 11) is 0. The largest absolute Gasteiger partial charge is 0.478 e. The average molecular weight is 343 g/mol. The molecule has 1 fully saturated rings. The van der Waals surface area contributed by atoms with E-state index >= 15 is 0 Å². The minimum absolute atomic E-state index is 0.177. The third-order valence-corrected chi connectivity index (χ3v) is 4.52. The van der Waals surface area contributed by atoms with Gasteiger partial charge in [0, 0.05) is 24.4 Å². The number of nitrogens with zero attached hydrogens (tertiary/aromatic N) is 2. The maximum atomic E-state index is 12.1. The maximum absolute atomic E-state index is 12.1. The number of amides is 1. The van der Waals surface area contributed by atoms with Crippen molar-refractivity contribution in [2.75, 3.05) is 5.32 Å². The molecule has 1 amide bonds. The van der Waals surface area contributed by atoms with Gasteiger partial charge in [0.1, 0.15) is 0 Å². The molecule has 0 bridgehead atoms. The Morgan fingerprint density at radius 2 is 2.08 bits per heavy atom. The number of carboxylic acids is 1. The van der Waals surface area contributed by atoms with E-state index in [4.69, 9.17) is 9.63 Å². The average Bonchev–Trinajstić information content (AvgIpc) is 3.25. The molecule has 1 aromatic carbocycles. The zero-order valence-electron chi connectivity index (χ0n) is 14.1. The van der Waals surface area contributed by atoms with Crippen LogP contribution >= 0.6 is 0 Å². The first kappa shape index (κ1) is 17.1. The number of aryl methyl sites for hydroxylation is 2. The number of aromatic carboxylic acids is 1. The molecule has 1 aliphatic carbocycles. The van der Waals surface area contributed by atoms with Gasteiger partial charge in [0.15, 0.2) is 5.82 Å². The summed E-state index contributed by atoms with van der Waals surface area (Å²) in [5.41, 5.74) is 1.29. The van der Waals surface area contributed by atoms with Crippen molar-refractivity contribution in [3.8, 4) is 0 Å². The lowest BCUT2D eigenvalue weighted by Crippen LogP contribution is -2.13. The third kappa shape index (κ3) is 4.23. The number of carboxylic acid groups (broad SMARTS) is 1. The molecule has 2 N–H and O–H groups in total. The van der Waals surface area contributed by atoms with Gasteiger partial charge in [-0.15, -0.1) is 0 Å². The highest BCUT2D eigenvalue weighted by molar-refractivity contribution is 5.94. The van der Waals surface area contributed by atoms with Gasteiger partial charge in [0.25, 0.3) is 0 Å². The molecule has 25 heavy (non-hydrogen) atoms. The highest BCUT2D eigenvalue weighted by Crippen LogP contribution is 2.32. The summed E-state index contributed by atoms with van der Waals surface area (Å²) in [6.07, 6.45) is 5.15. The highest BCUT2D eigenvalue weighted by atomic mass is 16.5. The van der Waals surface area contributed by atoms with Crippen LogP contribution in [0.1, 0.15) is 65.7 Å². The van der Waals surface area contributed by atoms with Crippen molar-refractivity contribution >= 4 is 17.6 Å². The van der Waals surface area contributed by atoms with E-state index in [1.165, 1.54) is 18.9 Å². The quantitative estimate of drug-likeness (QED) is 0.833. The van der Waals surface area contributed by atoms with E-state index in [2.05, 4.69) is 15.5 Å². The summed E-state index contributed by atoms with van der Waals surface area (Å²) in [4.78, 5) is 27.6. The van der Waals surface area contributed by atoms with E-state index in [0.29, 0.717) is 29.5 Å². The Morgan fingerprint density at radius 1 is 1.32 bits per heavy atom. The Kier molecular flexibility index (Phi) is 5.11. The van der Waals surface area contributed by atoms with Gasteiger partial charge in [-0.2, -0.15) is 4.98 Å². The van der Waals surface area contributed by atoms with Gasteiger partial charge < -0.3 is 14.9 Å². The number of hydrogen-bond acceptors (Lipinski definition) is 5. The highest BCUT2D eigenvalue weighted by Gasteiger charge is 2.22. The van der Waals surface area contributed by atoms with Crippen molar-refractivity contribution in [2.45, 2.75) is 51.4 Å². The summed E-state index contributed by atoms with van der Waals surface area (Å²) < 4.78 is 5.23. The molecule has 132 valence electrons. The molecule has 1 heterocycles. The molecule has 7 nitrogen and oxygen atoms in total. The number of rotatable bonds is 6. The van der Waals surface area contributed by atoms with Crippen molar-refractivity contribution in [3.05, 3.63) is 41.0 Å². The Hall–Kier alpha value is -2.70. The van der Waals surface area contributed by atoms with Crippen LogP contribution in [0.3, 0.4) is 0 Å². The van der Waals surface area contributed by atoms with Gasteiger partial charge in [0.2, 0.25) is 11.8 Å². The molecule has 0 aliphatic heterocycles. The number of nitrogens with one attached hydrogen (secondary N) is 1. The number of anilines is 1. The fourth-order valence-corrected chi connectivity index (χ4v) is 3.09. The lowest BCUT2D eigenvalue weighted by Gasteiger charge is -2.07. The van der Waals surface area contributed by atoms with Gasteiger partial charge in [0.05, 0.1) is 5.56 Å². The minimum atomic E-state index is -1.01. The van der Waals surface area contributed by atoms with Gasteiger partial charge in [-0.05, 0) is 37.5 Å². The summed E-state index contributed by atoms with van der Waals surface area (Å²) in [5, 5.41) is 15.9. The first-order chi connectivity index (χ1) is 12.0. The molecule has 0 atom stereocenters. The van der Waals surface area contributed by atoms with Crippen LogP contribution in [0.2, 0.25) is 0 Å². The fraction of sp³-hybridized carbons (Fsp3) is 0.444. The van der Waals surface area contributed by atoms with Gasteiger partial charge in [-0.25, -0.2) is 4.79 Å². The van der Waals surface area contributed by atoms with Gasteiger partial charge in [-0.3, -0.25) is 4.79 Å². The molecule has 7 heteroatoms. The molecule has 3 rings (SSSR count). The number of carbonyl (C=O) groups excluding carboxylic acids is 1. The molecule has 0 unspecified atom stereocenters. The molecule has 0 radical (unpaired) electrons. The summed E-state index contributed by atoms with van der Waals surface area (Å²) >= 11 is 0.